The molecule has 0 radical (unpaired) electrons. The quantitative estimate of drug-likeness (QED) is 0.842. The van der Waals surface area contributed by atoms with Crippen molar-refractivity contribution < 1.29 is 14.3 Å². The number of hydrogen-bond donors (Lipinski definition) is 1. The van der Waals surface area contributed by atoms with Crippen LogP contribution in [0.3, 0.4) is 0 Å². The van der Waals surface area contributed by atoms with Crippen molar-refractivity contribution in [2.24, 2.45) is 0 Å². The Kier molecular flexibility index (Phi) is 4.80. The van der Waals surface area contributed by atoms with Gasteiger partial charge in [0.15, 0.2) is 0 Å². The van der Waals surface area contributed by atoms with E-state index in [1.165, 1.54) is 6.07 Å². The molecule has 0 spiro atoms. The molecule has 1 fully saturated rings. The number of benzene rings is 1. The third-order valence-electron chi connectivity index (χ3n) is 3.50. The molecule has 0 aliphatic heterocycles. The highest BCUT2D eigenvalue weighted by Crippen LogP contribution is 2.28. The minimum absolute atomic E-state index is 0.0569. The van der Waals surface area contributed by atoms with Crippen molar-refractivity contribution >= 4 is 21.8 Å². The molecule has 1 saturated carbocycles. The van der Waals surface area contributed by atoms with Gasteiger partial charge in [-0.05, 0) is 43.9 Å². The van der Waals surface area contributed by atoms with Gasteiger partial charge in [-0.3, -0.25) is 4.79 Å². The van der Waals surface area contributed by atoms with E-state index in [0.717, 1.165) is 43.1 Å². The third-order valence-corrected chi connectivity index (χ3v) is 4.06. The molecule has 2 rings (SSSR count). The van der Waals surface area contributed by atoms with Crippen LogP contribution in [-0.2, 0) is 0 Å². The van der Waals surface area contributed by atoms with Gasteiger partial charge in [0.05, 0.1) is 5.56 Å². The summed E-state index contributed by atoms with van der Waals surface area (Å²) in [5.74, 6) is -0.938. The van der Waals surface area contributed by atoms with E-state index in [1.807, 2.05) is 0 Å². The van der Waals surface area contributed by atoms with Gasteiger partial charge in [0, 0.05) is 17.9 Å². The number of phenols is 1. The van der Waals surface area contributed by atoms with Crippen molar-refractivity contribution in [3.05, 3.63) is 29.6 Å². The lowest BCUT2D eigenvalue weighted by Crippen LogP contribution is -2.44. The highest BCUT2D eigenvalue weighted by molar-refractivity contribution is 9.09. The summed E-state index contributed by atoms with van der Waals surface area (Å²) in [6.45, 7) is 0.630. The Morgan fingerprint density at radius 2 is 2.21 bits per heavy atom. The minimum Gasteiger partial charge on any atom is -0.507 e. The predicted molar refractivity (Wildman–Crippen MR) is 75.2 cm³/mol. The molecule has 19 heavy (non-hydrogen) atoms. The summed E-state index contributed by atoms with van der Waals surface area (Å²) in [6.07, 6.45) is 3.95. The van der Waals surface area contributed by atoms with E-state index in [9.17, 15) is 14.3 Å². The Labute approximate surface area is 120 Å². The van der Waals surface area contributed by atoms with Crippen LogP contribution in [-0.4, -0.2) is 33.8 Å². The first kappa shape index (κ1) is 14.3. The maximum Gasteiger partial charge on any atom is 0.257 e. The number of hydrogen-bond acceptors (Lipinski definition) is 2. The van der Waals surface area contributed by atoms with Gasteiger partial charge in [-0.1, -0.05) is 15.9 Å². The molecule has 0 heterocycles. The fourth-order valence-corrected chi connectivity index (χ4v) is 2.46. The zero-order valence-corrected chi connectivity index (χ0v) is 12.2. The number of rotatable bonds is 5. The summed E-state index contributed by atoms with van der Waals surface area (Å²) in [5.41, 5.74) is 0.0569. The summed E-state index contributed by atoms with van der Waals surface area (Å²) >= 11 is 3.35. The Hall–Kier alpha value is -1.10. The van der Waals surface area contributed by atoms with E-state index in [0.29, 0.717) is 6.54 Å². The van der Waals surface area contributed by atoms with Gasteiger partial charge < -0.3 is 10.0 Å². The number of carbonyl (C=O) groups is 1. The van der Waals surface area contributed by atoms with Crippen LogP contribution in [0.15, 0.2) is 18.2 Å². The predicted octanol–water partition coefficient (Wildman–Crippen LogP) is 3.31. The summed E-state index contributed by atoms with van der Waals surface area (Å²) in [7, 11) is 0. The van der Waals surface area contributed by atoms with Gasteiger partial charge >= 0.3 is 0 Å². The van der Waals surface area contributed by atoms with Crippen LogP contribution in [0.4, 0.5) is 4.39 Å². The summed E-state index contributed by atoms with van der Waals surface area (Å²) < 4.78 is 13.2. The number of aromatic hydroxyl groups is 1. The van der Waals surface area contributed by atoms with Crippen LogP contribution in [0.2, 0.25) is 0 Å². The van der Waals surface area contributed by atoms with E-state index in [-0.39, 0.29) is 23.3 Å². The van der Waals surface area contributed by atoms with Gasteiger partial charge in [-0.25, -0.2) is 4.39 Å². The van der Waals surface area contributed by atoms with E-state index in [2.05, 4.69) is 15.9 Å². The highest BCUT2D eigenvalue weighted by Gasteiger charge is 2.30. The number of phenolic OH excluding ortho intramolecular Hbond substituents is 1. The fourth-order valence-electron chi connectivity index (χ4n) is 2.21. The number of alkyl halides is 1. The Balaban J connectivity index is 2.19. The van der Waals surface area contributed by atoms with Crippen molar-refractivity contribution in [1.82, 2.24) is 4.90 Å². The molecule has 0 bridgehead atoms. The van der Waals surface area contributed by atoms with E-state index in [1.54, 1.807) is 4.90 Å². The standard InChI is InChI=1S/C14H17BrFNO2/c15-7-2-8-17(11-3-1-4-11)14(19)12-9-10(16)5-6-13(12)18/h5-6,9,11,18H,1-4,7-8H2. The molecule has 1 N–H and O–H groups in total. The average Bonchev–Trinajstić information content (AvgIpc) is 2.34. The molecule has 1 amide bonds. The van der Waals surface area contributed by atoms with Crippen LogP contribution in [0.5, 0.6) is 5.75 Å². The first-order valence-electron chi connectivity index (χ1n) is 6.49. The van der Waals surface area contributed by atoms with Gasteiger partial charge in [0.1, 0.15) is 11.6 Å². The van der Waals surface area contributed by atoms with E-state index in [4.69, 9.17) is 0 Å². The lowest BCUT2D eigenvalue weighted by molar-refractivity contribution is 0.0577. The van der Waals surface area contributed by atoms with Gasteiger partial charge in [-0.2, -0.15) is 0 Å². The van der Waals surface area contributed by atoms with Gasteiger partial charge in [0.2, 0.25) is 0 Å². The Morgan fingerprint density at radius 1 is 1.47 bits per heavy atom. The summed E-state index contributed by atoms with van der Waals surface area (Å²) in [5, 5.41) is 10.5. The molecule has 0 unspecified atom stereocenters. The summed E-state index contributed by atoms with van der Waals surface area (Å²) in [4.78, 5) is 14.2. The third kappa shape index (κ3) is 3.26. The maximum atomic E-state index is 13.2. The molecule has 5 heteroatoms. The number of halogens is 2. The average molecular weight is 330 g/mol. The lowest BCUT2D eigenvalue weighted by Gasteiger charge is -2.37. The molecule has 104 valence electrons. The normalized spacial score (nSPS) is 15.1. The van der Waals surface area contributed by atoms with Crippen LogP contribution in [0.1, 0.15) is 36.0 Å². The lowest BCUT2D eigenvalue weighted by atomic mass is 9.90. The minimum atomic E-state index is -0.504. The first-order chi connectivity index (χ1) is 9.13. The molecule has 0 saturated heterocycles. The first-order valence-corrected chi connectivity index (χ1v) is 7.61. The van der Waals surface area contributed by atoms with Crippen molar-refractivity contribution in [2.45, 2.75) is 31.7 Å². The molecule has 1 aromatic rings. The highest BCUT2D eigenvalue weighted by atomic mass is 79.9. The smallest absolute Gasteiger partial charge is 0.257 e. The van der Waals surface area contributed by atoms with Crippen LogP contribution < -0.4 is 0 Å². The zero-order chi connectivity index (χ0) is 13.8. The molecule has 1 aliphatic rings. The van der Waals surface area contributed by atoms with Gasteiger partial charge in [0.25, 0.3) is 5.91 Å². The maximum absolute atomic E-state index is 13.2. The second-order valence-electron chi connectivity index (χ2n) is 4.79. The van der Waals surface area contributed by atoms with Crippen molar-refractivity contribution in [2.75, 3.05) is 11.9 Å². The van der Waals surface area contributed by atoms with E-state index < -0.39 is 5.82 Å². The van der Waals surface area contributed by atoms with Crippen LogP contribution >= 0.6 is 15.9 Å². The van der Waals surface area contributed by atoms with Crippen molar-refractivity contribution in [3.63, 3.8) is 0 Å². The monoisotopic (exact) mass is 329 g/mol. The topological polar surface area (TPSA) is 40.5 Å². The molecule has 1 aliphatic carbocycles. The van der Waals surface area contributed by atoms with Crippen LogP contribution in [0, 0.1) is 5.82 Å². The molecular formula is C14H17BrFNO2. The van der Waals surface area contributed by atoms with Crippen molar-refractivity contribution in [1.29, 1.82) is 0 Å². The van der Waals surface area contributed by atoms with E-state index >= 15 is 0 Å². The molecule has 0 atom stereocenters. The Morgan fingerprint density at radius 3 is 2.79 bits per heavy atom. The second kappa shape index (κ2) is 6.37. The second-order valence-corrected chi connectivity index (χ2v) is 5.58. The molecule has 1 aromatic carbocycles. The fraction of sp³-hybridized carbons (Fsp3) is 0.500. The molecular weight excluding hydrogens is 313 g/mol. The van der Waals surface area contributed by atoms with Crippen LogP contribution in [0.25, 0.3) is 0 Å². The SMILES string of the molecule is O=C(c1cc(F)ccc1O)N(CCCBr)C1CCC1. The number of nitrogens with zero attached hydrogens (tertiary/aromatic N) is 1. The number of carbonyl (C=O) groups excluding carboxylic acids is 1. The molecule has 3 nitrogen and oxygen atoms in total. The summed E-state index contributed by atoms with van der Waals surface area (Å²) in [6, 6.07) is 3.72. The van der Waals surface area contributed by atoms with Gasteiger partial charge in [-0.15, -0.1) is 0 Å². The number of amides is 1. The largest absolute Gasteiger partial charge is 0.507 e. The molecule has 0 aromatic heterocycles. The zero-order valence-electron chi connectivity index (χ0n) is 10.6. The van der Waals surface area contributed by atoms with Crippen molar-refractivity contribution in [3.8, 4) is 5.75 Å². The Bertz CT molecular complexity index is 463.